The van der Waals surface area contributed by atoms with Crippen molar-refractivity contribution in [2.75, 3.05) is 24.3 Å². The maximum absolute atomic E-state index is 12.5. The van der Waals surface area contributed by atoms with E-state index in [4.69, 9.17) is 9.47 Å². The fourth-order valence-corrected chi connectivity index (χ4v) is 3.84. The lowest BCUT2D eigenvalue weighted by molar-refractivity contribution is -0.113. The van der Waals surface area contributed by atoms with Crippen molar-refractivity contribution in [3.8, 4) is 17.1 Å². The van der Waals surface area contributed by atoms with Gasteiger partial charge < -0.3 is 14.8 Å². The highest BCUT2D eigenvalue weighted by molar-refractivity contribution is 7.99. The summed E-state index contributed by atoms with van der Waals surface area (Å²) >= 11 is 1.29. The lowest BCUT2D eigenvalue weighted by Gasteiger charge is -2.10. The molecule has 0 saturated heterocycles. The highest BCUT2D eigenvalue weighted by Crippen LogP contribution is 2.26. The van der Waals surface area contributed by atoms with E-state index in [9.17, 15) is 9.59 Å². The third-order valence-corrected chi connectivity index (χ3v) is 5.70. The van der Waals surface area contributed by atoms with Crippen molar-refractivity contribution in [1.29, 1.82) is 0 Å². The van der Waals surface area contributed by atoms with Crippen LogP contribution in [0, 0.1) is 5.92 Å². The molecule has 0 saturated carbocycles. The van der Waals surface area contributed by atoms with E-state index in [0.29, 0.717) is 47.9 Å². The molecule has 0 atom stereocenters. The number of esters is 1. The van der Waals surface area contributed by atoms with Crippen LogP contribution in [-0.4, -0.2) is 45.6 Å². The van der Waals surface area contributed by atoms with Gasteiger partial charge in [-0.1, -0.05) is 31.7 Å². The van der Waals surface area contributed by atoms with Gasteiger partial charge in [-0.15, -0.1) is 16.8 Å². The predicted molar refractivity (Wildman–Crippen MR) is 138 cm³/mol. The highest BCUT2D eigenvalue weighted by atomic mass is 32.2. The van der Waals surface area contributed by atoms with E-state index in [2.05, 4.69) is 35.9 Å². The van der Waals surface area contributed by atoms with Gasteiger partial charge in [-0.05, 0) is 61.4 Å². The highest BCUT2D eigenvalue weighted by Gasteiger charge is 2.15. The summed E-state index contributed by atoms with van der Waals surface area (Å²) < 4.78 is 12.6. The van der Waals surface area contributed by atoms with Gasteiger partial charge in [-0.25, -0.2) is 4.79 Å². The molecule has 1 heterocycles. The summed E-state index contributed by atoms with van der Waals surface area (Å²) in [5.41, 5.74) is 1.93. The average molecular weight is 495 g/mol. The van der Waals surface area contributed by atoms with Gasteiger partial charge in [0.2, 0.25) is 5.91 Å². The van der Waals surface area contributed by atoms with E-state index in [1.54, 1.807) is 37.3 Å². The van der Waals surface area contributed by atoms with Crippen LogP contribution in [0.5, 0.6) is 5.75 Å². The molecule has 0 aliphatic heterocycles. The minimum absolute atomic E-state index is 0.150. The van der Waals surface area contributed by atoms with E-state index in [1.165, 1.54) is 11.8 Å². The monoisotopic (exact) mass is 494 g/mol. The molecular formula is C26H30N4O4S. The largest absolute Gasteiger partial charge is 0.493 e. The molecule has 0 fully saturated rings. The third-order valence-electron chi connectivity index (χ3n) is 4.74. The summed E-state index contributed by atoms with van der Waals surface area (Å²) in [6, 6.07) is 14.3. The van der Waals surface area contributed by atoms with Crippen molar-refractivity contribution in [1.82, 2.24) is 14.8 Å². The number of nitrogens with zero attached hydrogens (tertiary/aromatic N) is 3. The Bertz CT molecular complexity index is 1140. The second-order valence-electron chi connectivity index (χ2n) is 8.07. The number of ether oxygens (including phenoxy) is 2. The number of anilines is 1. The maximum atomic E-state index is 12.5. The molecule has 0 aliphatic rings. The molecule has 3 aromatic rings. The number of aromatic nitrogens is 3. The van der Waals surface area contributed by atoms with Gasteiger partial charge in [0, 0.05) is 17.8 Å². The number of rotatable bonds is 12. The molecule has 35 heavy (non-hydrogen) atoms. The molecule has 8 nitrogen and oxygen atoms in total. The lowest BCUT2D eigenvalue weighted by atomic mass is 10.2. The Morgan fingerprint density at radius 2 is 1.83 bits per heavy atom. The quantitative estimate of drug-likeness (QED) is 0.213. The fraction of sp³-hybridized carbons (Fsp3) is 0.308. The van der Waals surface area contributed by atoms with E-state index in [0.717, 1.165) is 11.3 Å². The van der Waals surface area contributed by atoms with Crippen molar-refractivity contribution >= 4 is 29.3 Å². The molecule has 0 bridgehead atoms. The van der Waals surface area contributed by atoms with Crippen molar-refractivity contribution in [2.24, 2.45) is 5.92 Å². The molecule has 3 rings (SSSR count). The number of allylic oxidation sites excluding steroid dienone is 1. The topological polar surface area (TPSA) is 95.3 Å². The molecule has 0 aliphatic carbocycles. The van der Waals surface area contributed by atoms with Crippen LogP contribution in [0.4, 0.5) is 5.69 Å². The summed E-state index contributed by atoms with van der Waals surface area (Å²) in [5, 5.41) is 12.1. The summed E-state index contributed by atoms with van der Waals surface area (Å²) in [5.74, 6) is 1.51. The van der Waals surface area contributed by atoms with E-state index in [1.807, 2.05) is 28.8 Å². The molecule has 1 N–H and O–H groups in total. The Kier molecular flexibility index (Phi) is 9.48. The van der Waals surface area contributed by atoms with Crippen molar-refractivity contribution < 1.29 is 19.1 Å². The van der Waals surface area contributed by atoms with Gasteiger partial charge in [0.05, 0.1) is 24.5 Å². The van der Waals surface area contributed by atoms with Crippen LogP contribution in [0.15, 0.2) is 66.3 Å². The minimum atomic E-state index is -0.393. The fourth-order valence-electron chi connectivity index (χ4n) is 3.10. The van der Waals surface area contributed by atoms with Gasteiger partial charge in [0.15, 0.2) is 11.0 Å². The van der Waals surface area contributed by atoms with Gasteiger partial charge in [0.1, 0.15) is 5.75 Å². The van der Waals surface area contributed by atoms with Crippen LogP contribution in [-0.2, 0) is 16.1 Å². The Hall–Kier alpha value is -3.59. The van der Waals surface area contributed by atoms with E-state index in [-0.39, 0.29) is 11.7 Å². The molecule has 1 amide bonds. The molecule has 0 spiro atoms. The summed E-state index contributed by atoms with van der Waals surface area (Å²) in [6.07, 6.45) is 1.77. The summed E-state index contributed by atoms with van der Waals surface area (Å²) in [4.78, 5) is 24.2. The SMILES string of the molecule is C=CCn1c(SCC(=O)Nc2ccc(C(=O)OCC)cc2)nnc1-c1ccc(OCC(C)C)cc1. The molecule has 1 aromatic heterocycles. The zero-order valence-electron chi connectivity index (χ0n) is 20.2. The van der Waals surface area contributed by atoms with Crippen molar-refractivity contribution in [3.05, 3.63) is 66.7 Å². The molecular weight excluding hydrogens is 464 g/mol. The lowest BCUT2D eigenvalue weighted by Crippen LogP contribution is -2.15. The molecule has 2 aromatic carbocycles. The van der Waals surface area contributed by atoms with Crippen LogP contribution in [0.2, 0.25) is 0 Å². The first-order valence-corrected chi connectivity index (χ1v) is 12.4. The van der Waals surface area contributed by atoms with Crippen LogP contribution in [0.25, 0.3) is 11.4 Å². The van der Waals surface area contributed by atoms with Gasteiger partial charge in [-0.3, -0.25) is 9.36 Å². The Balaban J connectivity index is 1.63. The first-order valence-electron chi connectivity index (χ1n) is 11.4. The second kappa shape index (κ2) is 12.8. The Morgan fingerprint density at radius 1 is 1.11 bits per heavy atom. The number of hydrogen-bond acceptors (Lipinski definition) is 7. The van der Waals surface area contributed by atoms with Crippen LogP contribution < -0.4 is 10.1 Å². The van der Waals surface area contributed by atoms with Gasteiger partial charge in [-0.2, -0.15) is 0 Å². The second-order valence-corrected chi connectivity index (χ2v) is 9.01. The normalized spacial score (nSPS) is 10.7. The smallest absolute Gasteiger partial charge is 0.338 e. The predicted octanol–water partition coefficient (Wildman–Crippen LogP) is 5.07. The number of carbonyl (C=O) groups excluding carboxylic acids is 2. The maximum Gasteiger partial charge on any atom is 0.338 e. The van der Waals surface area contributed by atoms with Gasteiger partial charge >= 0.3 is 5.97 Å². The van der Waals surface area contributed by atoms with E-state index < -0.39 is 5.97 Å². The zero-order chi connectivity index (χ0) is 25.2. The van der Waals surface area contributed by atoms with Crippen molar-refractivity contribution in [3.63, 3.8) is 0 Å². The van der Waals surface area contributed by atoms with Crippen molar-refractivity contribution in [2.45, 2.75) is 32.5 Å². The minimum Gasteiger partial charge on any atom is -0.493 e. The Morgan fingerprint density at radius 3 is 2.46 bits per heavy atom. The van der Waals surface area contributed by atoms with Gasteiger partial charge in [0.25, 0.3) is 0 Å². The van der Waals surface area contributed by atoms with Crippen LogP contribution >= 0.6 is 11.8 Å². The van der Waals surface area contributed by atoms with Crippen LogP contribution in [0.3, 0.4) is 0 Å². The molecule has 0 unspecified atom stereocenters. The van der Waals surface area contributed by atoms with E-state index >= 15 is 0 Å². The molecule has 184 valence electrons. The number of benzene rings is 2. The third kappa shape index (κ3) is 7.45. The number of thioether (sulfide) groups is 1. The number of carbonyl (C=O) groups is 2. The number of amides is 1. The first-order chi connectivity index (χ1) is 16.9. The number of nitrogens with one attached hydrogen (secondary N) is 1. The van der Waals surface area contributed by atoms with Crippen LogP contribution in [0.1, 0.15) is 31.1 Å². The zero-order valence-corrected chi connectivity index (χ0v) is 21.0. The first kappa shape index (κ1) is 26.0. The summed E-state index contributed by atoms with van der Waals surface area (Å²) in [6.45, 7) is 11.3. The average Bonchev–Trinajstić information content (AvgIpc) is 3.25. The Labute approximate surface area is 209 Å². The molecule has 9 heteroatoms. The standard InChI is InChI=1S/C26H30N4O4S/c1-5-15-30-24(19-9-13-22(14-10-19)34-16-18(3)4)28-29-26(30)35-17-23(31)27-21-11-7-20(8-12-21)25(32)33-6-2/h5,7-14,18H,1,6,15-17H2,2-4H3,(H,27,31). The summed E-state index contributed by atoms with van der Waals surface area (Å²) in [7, 11) is 0. The number of hydrogen-bond donors (Lipinski definition) is 1. The molecule has 0 radical (unpaired) electrons.